The number of amides is 1. The molecule has 1 aromatic heterocycles. The average molecular weight is 490 g/mol. The second-order valence-corrected chi connectivity index (χ2v) is 7.66. The molecular formula is C26H30F3N3O3. The number of hydrogen-bond donors (Lipinski definition) is 0. The Morgan fingerprint density at radius 2 is 2.00 bits per heavy atom. The van der Waals surface area contributed by atoms with Crippen molar-refractivity contribution in [1.82, 2.24) is 9.88 Å². The van der Waals surface area contributed by atoms with Crippen LogP contribution in [0, 0.1) is 0 Å². The molecule has 0 aliphatic rings. The third-order valence-corrected chi connectivity index (χ3v) is 5.32. The molecule has 1 aromatic carbocycles. The third kappa shape index (κ3) is 7.70. The smallest absolute Gasteiger partial charge is 0.417 e. The van der Waals surface area contributed by atoms with Crippen LogP contribution >= 0.6 is 0 Å². The minimum atomic E-state index is -4.45. The molecule has 2 rings (SSSR count). The lowest BCUT2D eigenvalue weighted by Crippen LogP contribution is -2.40. The van der Waals surface area contributed by atoms with Gasteiger partial charge in [0.1, 0.15) is 5.75 Å². The minimum Gasteiger partial charge on any atom is -0.497 e. The van der Waals surface area contributed by atoms with E-state index in [0.717, 1.165) is 12.3 Å². The van der Waals surface area contributed by atoms with Gasteiger partial charge in [-0.3, -0.25) is 9.79 Å². The Labute approximate surface area is 203 Å². The van der Waals surface area contributed by atoms with Crippen LogP contribution in [0.3, 0.4) is 0 Å². The summed E-state index contributed by atoms with van der Waals surface area (Å²) in [7, 11) is 1.55. The van der Waals surface area contributed by atoms with Gasteiger partial charge in [0, 0.05) is 54.3 Å². The lowest BCUT2D eigenvalue weighted by molar-refractivity contribution is -0.137. The van der Waals surface area contributed by atoms with E-state index < -0.39 is 11.7 Å². The Hall–Kier alpha value is -3.62. The van der Waals surface area contributed by atoms with Gasteiger partial charge < -0.3 is 14.4 Å². The highest BCUT2D eigenvalue weighted by molar-refractivity contribution is 6.09. The van der Waals surface area contributed by atoms with Crippen LogP contribution in [0.1, 0.15) is 48.7 Å². The molecule has 0 saturated heterocycles. The van der Waals surface area contributed by atoms with E-state index in [1.807, 2.05) is 20.8 Å². The number of benzene rings is 1. The number of hydrogen-bond acceptors (Lipinski definition) is 5. The van der Waals surface area contributed by atoms with Gasteiger partial charge in [0.05, 0.1) is 19.3 Å². The molecule has 0 aliphatic carbocycles. The molecule has 1 amide bonds. The number of allylic oxidation sites excluding steroid dienone is 2. The van der Waals surface area contributed by atoms with E-state index in [9.17, 15) is 18.0 Å². The van der Waals surface area contributed by atoms with Gasteiger partial charge >= 0.3 is 6.18 Å². The number of pyridine rings is 1. The maximum atomic E-state index is 13.5. The Balaban J connectivity index is 2.14. The summed E-state index contributed by atoms with van der Waals surface area (Å²) in [4.78, 5) is 23.3. The summed E-state index contributed by atoms with van der Waals surface area (Å²) < 4.78 is 48.9. The second-order valence-electron chi connectivity index (χ2n) is 7.66. The molecular weight excluding hydrogens is 459 g/mol. The van der Waals surface area contributed by atoms with Crippen LogP contribution in [0.25, 0.3) is 0 Å². The number of nitrogens with zero attached hydrogens (tertiary/aromatic N) is 3. The second kappa shape index (κ2) is 12.7. The molecule has 0 saturated carbocycles. The van der Waals surface area contributed by atoms with E-state index in [0.29, 0.717) is 35.6 Å². The number of halogens is 3. The van der Waals surface area contributed by atoms with Gasteiger partial charge in [0.15, 0.2) is 0 Å². The standard InChI is InChI=1S/C26H30F3N3O3/c1-6-8-14-30-19(4)23-16-21(34-5)10-11-22(23)25(33)32(7-2)18(3)13-15-35-24-12-9-20(17-31-24)26(27,28)29/h6,8-12,14,16-18H,1,7,13,15H2,2-5H3/b14-8-,30-19+/t18-/m0/s1. The van der Waals surface area contributed by atoms with Crippen molar-refractivity contribution in [3.8, 4) is 11.6 Å². The number of alkyl halides is 3. The summed E-state index contributed by atoms with van der Waals surface area (Å²) in [6, 6.07) is 7.11. The molecule has 0 radical (unpaired) electrons. The molecule has 6 nitrogen and oxygen atoms in total. The van der Waals surface area contributed by atoms with Crippen LogP contribution in [0.4, 0.5) is 13.2 Å². The average Bonchev–Trinajstić information content (AvgIpc) is 2.83. The van der Waals surface area contributed by atoms with Crippen LogP contribution in [0.15, 0.2) is 66.5 Å². The monoisotopic (exact) mass is 489 g/mol. The van der Waals surface area contributed by atoms with Crippen molar-refractivity contribution in [2.75, 3.05) is 20.3 Å². The van der Waals surface area contributed by atoms with Gasteiger partial charge in [-0.25, -0.2) is 4.98 Å². The van der Waals surface area contributed by atoms with E-state index in [1.165, 1.54) is 6.07 Å². The maximum absolute atomic E-state index is 13.5. The van der Waals surface area contributed by atoms with Gasteiger partial charge in [-0.1, -0.05) is 12.7 Å². The fraction of sp³-hybridized carbons (Fsp3) is 0.346. The highest BCUT2D eigenvalue weighted by atomic mass is 19.4. The molecule has 188 valence electrons. The van der Waals surface area contributed by atoms with Crippen molar-refractivity contribution in [1.29, 1.82) is 0 Å². The number of aliphatic imine (C=N–C) groups is 1. The molecule has 0 bridgehead atoms. The Morgan fingerprint density at radius 3 is 2.57 bits per heavy atom. The number of ether oxygens (including phenoxy) is 2. The van der Waals surface area contributed by atoms with Crippen LogP contribution in [-0.2, 0) is 6.18 Å². The normalized spacial score (nSPS) is 12.9. The van der Waals surface area contributed by atoms with Crippen LogP contribution < -0.4 is 9.47 Å². The zero-order chi connectivity index (χ0) is 26.0. The maximum Gasteiger partial charge on any atom is 0.417 e. The fourth-order valence-corrected chi connectivity index (χ4v) is 3.35. The molecule has 0 N–H and O–H groups in total. The van der Waals surface area contributed by atoms with Crippen molar-refractivity contribution < 1.29 is 27.4 Å². The molecule has 2 aromatic rings. The highest BCUT2D eigenvalue weighted by Gasteiger charge is 2.30. The van der Waals surface area contributed by atoms with Crippen LogP contribution in [-0.4, -0.2) is 47.8 Å². The summed E-state index contributed by atoms with van der Waals surface area (Å²) in [5.74, 6) is 0.524. The number of carbonyl (C=O) groups is 1. The summed E-state index contributed by atoms with van der Waals surface area (Å²) in [5, 5.41) is 0. The van der Waals surface area contributed by atoms with E-state index in [-0.39, 0.29) is 24.4 Å². The van der Waals surface area contributed by atoms with Gasteiger partial charge in [-0.15, -0.1) is 0 Å². The molecule has 0 unspecified atom stereocenters. The van der Waals surface area contributed by atoms with Gasteiger partial charge in [0.25, 0.3) is 5.91 Å². The summed E-state index contributed by atoms with van der Waals surface area (Å²) >= 11 is 0. The van der Waals surface area contributed by atoms with E-state index in [1.54, 1.807) is 48.6 Å². The summed E-state index contributed by atoms with van der Waals surface area (Å²) in [6.07, 6.45) is 1.65. The van der Waals surface area contributed by atoms with Crippen molar-refractivity contribution in [2.24, 2.45) is 4.99 Å². The number of methoxy groups -OCH3 is 1. The quantitative estimate of drug-likeness (QED) is 0.290. The predicted octanol–water partition coefficient (Wildman–Crippen LogP) is 5.94. The number of rotatable bonds is 11. The lowest BCUT2D eigenvalue weighted by Gasteiger charge is -2.29. The molecule has 0 aliphatic heterocycles. The Kier molecular flexibility index (Phi) is 10.1. The van der Waals surface area contributed by atoms with E-state index in [4.69, 9.17) is 9.47 Å². The summed E-state index contributed by atoms with van der Waals surface area (Å²) in [6.45, 7) is 9.84. The predicted molar refractivity (Wildman–Crippen MR) is 130 cm³/mol. The van der Waals surface area contributed by atoms with Gasteiger partial charge in [0.2, 0.25) is 5.88 Å². The van der Waals surface area contributed by atoms with Crippen LogP contribution in [0.5, 0.6) is 11.6 Å². The Morgan fingerprint density at radius 1 is 1.26 bits per heavy atom. The first-order chi connectivity index (χ1) is 16.6. The van der Waals surface area contributed by atoms with Crippen molar-refractivity contribution in [3.05, 3.63) is 78.1 Å². The molecule has 1 heterocycles. The summed E-state index contributed by atoms with van der Waals surface area (Å²) in [5.41, 5.74) is 0.942. The fourth-order valence-electron chi connectivity index (χ4n) is 3.35. The molecule has 0 fully saturated rings. The van der Waals surface area contributed by atoms with Gasteiger partial charge in [-0.05, 0) is 51.1 Å². The van der Waals surface area contributed by atoms with Crippen LogP contribution in [0.2, 0.25) is 0 Å². The highest BCUT2D eigenvalue weighted by Crippen LogP contribution is 2.29. The number of carbonyl (C=O) groups excluding carboxylic acids is 1. The molecule has 1 atom stereocenters. The number of aromatic nitrogens is 1. The molecule has 0 spiro atoms. The van der Waals surface area contributed by atoms with Crippen molar-refractivity contribution in [2.45, 2.75) is 39.4 Å². The SMILES string of the molecule is C=C/C=C\N=C(/C)c1cc(OC)ccc1C(=O)N(CC)[C@@H](C)CCOc1ccc(C(F)(F)F)cn1. The van der Waals surface area contributed by atoms with Crippen molar-refractivity contribution in [3.63, 3.8) is 0 Å². The minimum absolute atomic E-state index is 0.0939. The van der Waals surface area contributed by atoms with Gasteiger partial charge in [-0.2, -0.15) is 13.2 Å². The van der Waals surface area contributed by atoms with E-state index >= 15 is 0 Å². The zero-order valence-electron chi connectivity index (χ0n) is 20.3. The first kappa shape index (κ1) is 27.6. The van der Waals surface area contributed by atoms with E-state index in [2.05, 4.69) is 16.6 Å². The Bertz CT molecular complexity index is 1060. The first-order valence-electron chi connectivity index (χ1n) is 11.1. The lowest BCUT2D eigenvalue weighted by atomic mass is 10.0. The third-order valence-electron chi connectivity index (χ3n) is 5.32. The van der Waals surface area contributed by atoms with Crippen molar-refractivity contribution >= 4 is 11.6 Å². The first-order valence-corrected chi connectivity index (χ1v) is 11.1. The largest absolute Gasteiger partial charge is 0.497 e. The zero-order valence-corrected chi connectivity index (χ0v) is 20.3. The topological polar surface area (TPSA) is 64.0 Å². The molecule has 35 heavy (non-hydrogen) atoms. The molecule has 9 heteroatoms.